The third-order valence-corrected chi connectivity index (χ3v) is 4.30. The number of ether oxygens (including phenoxy) is 1. The Morgan fingerprint density at radius 1 is 1.30 bits per heavy atom. The highest BCUT2D eigenvalue weighted by Crippen LogP contribution is 2.25. The van der Waals surface area contributed by atoms with Crippen LogP contribution in [0.4, 0.5) is 0 Å². The molecule has 3 rings (SSSR count). The number of aromatic amines is 1. The van der Waals surface area contributed by atoms with Gasteiger partial charge >= 0.3 is 0 Å². The number of aromatic nitrogens is 3. The fourth-order valence-corrected chi connectivity index (χ4v) is 2.76. The van der Waals surface area contributed by atoms with Crippen LogP contribution in [0.1, 0.15) is 29.8 Å². The number of rotatable bonds is 6. The van der Waals surface area contributed by atoms with E-state index in [1.165, 1.54) is 17.2 Å². The zero-order valence-corrected chi connectivity index (χ0v) is 17.1. The van der Waals surface area contributed by atoms with E-state index in [0.717, 1.165) is 0 Å². The summed E-state index contributed by atoms with van der Waals surface area (Å²) >= 11 is 0. The van der Waals surface area contributed by atoms with Crippen LogP contribution >= 0.6 is 0 Å². The number of likely N-dealkylation sites (N-methyl/N-ethyl adjacent to an activating group) is 1. The molecule has 0 unspecified atom stereocenters. The Morgan fingerprint density at radius 2 is 2.07 bits per heavy atom. The number of Topliss-reactive ketones (excluding diaryl/α,β-unsaturated/α-hetero) is 1. The molecule has 0 saturated heterocycles. The lowest BCUT2D eigenvalue weighted by Gasteiger charge is -2.09. The molecule has 0 fully saturated rings. The minimum Gasteiger partial charge on any atom is -0.437 e. The van der Waals surface area contributed by atoms with E-state index in [0.29, 0.717) is 28.0 Å². The second-order valence-corrected chi connectivity index (χ2v) is 7.17. The molecule has 2 heterocycles. The summed E-state index contributed by atoms with van der Waals surface area (Å²) in [6.45, 7) is 3.65. The van der Waals surface area contributed by atoms with Gasteiger partial charge in [-0.05, 0) is 23.8 Å². The summed E-state index contributed by atoms with van der Waals surface area (Å²) < 4.78 is 5.81. The normalized spacial score (nSPS) is 11.4. The Bertz CT molecular complexity index is 1180. The minimum absolute atomic E-state index is 0.0162. The first-order chi connectivity index (χ1) is 14.3. The number of carbonyl (C=O) groups is 2. The maximum Gasteiger partial charge on any atom is 0.264 e. The van der Waals surface area contributed by atoms with Gasteiger partial charge < -0.3 is 14.6 Å². The molecule has 0 bridgehead atoms. The van der Waals surface area contributed by atoms with E-state index >= 15 is 0 Å². The summed E-state index contributed by atoms with van der Waals surface area (Å²) in [5.74, 6) is 0.104. The van der Waals surface area contributed by atoms with E-state index in [1.54, 1.807) is 44.6 Å². The van der Waals surface area contributed by atoms with E-state index in [4.69, 9.17) is 4.74 Å². The fraction of sp³-hybridized carbons (Fsp3) is 0.227. The van der Waals surface area contributed by atoms with Crippen LogP contribution < -0.4 is 4.74 Å². The second-order valence-electron chi connectivity index (χ2n) is 7.17. The summed E-state index contributed by atoms with van der Waals surface area (Å²) in [6.07, 6.45) is 4.56. The Kier molecular flexibility index (Phi) is 5.93. The van der Waals surface area contributed by atoms with Gasteiger partial charge in [0.15, 0.2) is 11.4 Å². The molecule has 3 aromatic rings. The highest BCUT2D eigenvalue weighted by Gasteiger charge is 2.18. The number of nitrogens with zero attached hydrogens (tertiary/aromatic N) is 4. The molecule has 1 N–H and O–H groups in total. The molecule has 1 amide bonds. The molecule has 0 aliphatic heterocycles. The molecule has 8 nitrogen and oxygen atoms in total. The van der Waals surface area contributed by atoms with E-state index < -0.39 is 0 Å². The molecule has 2 aromatic heterocycles. The van der Waals surface area contributed by atoms with E-state index in [2.05, 4.69) is 15.0 Å². The maximum atomic E-state index is 12.4. The zero-order valence-electron chi connectivity index (χ0n) is 17.1. The number of nitrogens with one attached hydrogen (secondary N) is 1. The van der Waals surface area contributed by atoms with Crippen molar-refractivity contribution >= 4 is 28.9 Å². The van der Waals surface area contributed by atoms with Gasteiger partial charge in [-0.2, -0.15) is 5.26 Å². The van der Waals surface area contributed by atoms with Crippen LogP contribution in [0.3, 0.4) is 0 Å². The van der Waals surface area contributed by atoms with Gasteiger partial charge in [0, 0.05) is 26.2 Å². The number of ketones is 1. The van der Waals surface area contributed by atoms with E-state index in [-0.39, 0.29) is 29.1 Å². The van der Waals surface area contributed by atoms with Gasteiger partial charge in [-0.1, -0.05) is 26.0 Å². The molecule has 0 radical (unpaired) electrons. The fourth-order valence-electron chi connectivity index (χ4n) is 2.76. The zero-order chi connectivity index (χ0) is 21.8. The van der Waals surface area contributed by atoms with Gasteiger partial charge in [0.05, 0.1) is 11.8 Å². The van der Waals surface area contributed by atoms with Crippen LogP contribution in [0.25, 0.3) is 17.2 Å². The number of nitriles is 1. The van der Waals surface area contributed by atoms with Gasteiger partial charge in [0.2, 0.25) is 5.88 Å². The topological polar surface area (TPSA) is 112 Å². The summed E-state index contributed by atoms with van der Waals surface area (Å²) in [6, 6.07) is 8.82. The maximum absolute atomic E-state index is 12.4. The number of fused-ring (bicyclic) bond motifs is 1. The molecule has 0 spiro atoms. The van der Waals surface area contributed by atoms with Crippen LogP contribution in [0.2, 0.25) is 0 Å². The molecule has 0 aliphatic rings. The third kappa shape index (κ3) is 4.36. The molecule has 8 heteroatoms. The number of amides is 1. The predicted octanol–water partition coefficient (Wildman–Crippen LogP) is 3.58. The van der Waals surface area contributed by atoms with Crippen molar-refractivity contribution in [1.82, 2.24) is 19.9 Å². The summed E-state index contributed by atoms with van der Waals surface area (Å²) in [5, 5.41) is 9.26. The van der Waals surface area contributed by atoms with Crippen molar-refractivity contribution in [1.29, 1.82) is 5.26 Å². The van der Waals surface area contributed by atoms with E-state index in [9.17, 15) is 14.9 Å². The standard InChI is InChI=1S/C22H21N5O3/c1-13(2)20(28)17-11-24-21-19(17)26-18(12-25-21)30-16-7-5-6-14(9-16)8-15(10-23)22(29)27(3)4/h5-9,11-13H,1-4H3,(H,24,25)/b15-8+. The average Bonchev–Trinajstić information content (AvgIpc) is 3.14. The minimum atomic E-state index is -0.380. The number of benzene rings is 1. The second kappa shape index (κ2) is 8.57. The highest BCUT2D eigenvalue weighted by atomic mass is 16.5. The first-order valence-electron chi connectivity index (χ1n) is 9.30. The first kappa shape index (κ1) is 20.7. The van der Waals surface area contributed by atoms with Crippen molar-refractivity contribution < 1.29 is 14.3 Å². The summed E-state index contributed by atoms with van der Waals surface area (Å²) in [5.41, 5.74) is 2.07. The molecule has 0 aliphatic carbocycles. The van der Waals surface area contributed by atoms with Gasteiger partial charge in [-0.15, -0.1) is 0 Å². The monoisotopic (exact) mass is 403 g/mol. The molecule has 0 atom stereocenters. The van der Waals surface area contributed by atoms with Crippen LogP contribution in [0, 0.1) is 17.2 Å². The van der Waals surface area contributed by atoms with E-state index in [1.807, 2.05) is 19.9 Å². The Morgan fingerprint density at radius 3 is 2.73 bits per heavy atom. The lowest BCUT2D eigenvalue weighted by atomic mass is 10.0. The highest BCUT2D eigenvalue weighted by molar-refractivity contribution is 6.06. The van der Waals surface area contributed by atoms with Gasteiger partial charge in [-0.3, -0.25) is 9.59 Å². The Balaban J connectivity index is 1.90. The lowest BCUT2D eigenvalue weighted by molar-refractivity contribution is -0.124. The molecular weight excluding hydrogens is 382 g/mol. The van der Waals surface area contributed by atoms with Gasteiger partial charge in [-0.25, -0.2) is 9.97 Å². The molecule has 152 valence electrons. The van der Waals surface area contributed by atoms with Crippen molar-refractivity contribution in [2.45, 2.75) is 13.8 Å². The third-order valence-electron chi connectivity index (χ3n) is 4.30. The smallest absolute Gasteiger partial charge is 0.264 e. The van der Waals surface area contributed by atoms with Crippen LogP contribution in [-0.2, 0) is 4.79 Å². The number of H-pyrrole nitrogens is 1. The Labute approximate surface area is 173 Å². The van der Waals surface area contributed by atoms with Gasteiger partial charge in [0.25, 0.3) is 5.91 Å². The van der Waals surface area contributed by atoms with Crippen molar-refractivity contribution in [2.24, 2.45) is 5.92 Å². The quantitative estimate of drug-likeness (QED) is 0.382. The number of hydrogen-bond donors (Lipinski definition) is 1. The number of carbonyl (C=O) groups excluding carboxylic acids is 2. The van der Waals surface area contributed by atoms with Crippen LogP contribution in [0.15, 0.2) is 42.2 Å². The molecular formula is C22H21N5O3. The first-order valence-corrected chi connectivity index (χ1v) is 9.30. The van der Waals surface area contributed by atoms with Crippen LogP contribution in [0.5, 0.6) is 11.6 Å². The largest absolute Gasteiger partial charge is 0.437 e. The molecule has 1 aromatic carbocycles. The van der Waals surface area contributed by atoms with Gasteiger partial charge in [0.1, 0.15) is 22.9 Å². The van der Waals surface area contributed by atoms with Crippen molar-refractivity contribution in [3.63, 3.8) is 0 Å². The van der Waals surface area contributed by atoms with Crippen LogP contribution in [-0.4, -0.2) is 45.6 Å². The SMILES string of the molecule is CC(C)C(=O)c1c[nH]c2ncc(Oc3cccc(/C=C(\C#N)C(=O)N(C)C)c3)nc12. The molecule has 30 heavy (non-hydrogen) atoms. The lowest BCUT2D eigenvalue weighted by Crippen LogP contribution is -2.22. The Hall–Kier alpha value is -3.99. The van der Waals surface area contributed by atoms with Crippen molar-refractivity contribution in [3.05, 3.63) is 53.4 Å². The summed E-state index contributed by atoms with van der Waals surface area (Å²) in [7, 11) is 3.17. The summed E-state index contributed by atoms with van der Waals surface area (Å²) in [4.78, 5) is 37.4. The van der Waals surface area contributed by atoms with Crippen molar-refractivity contribution in [3.8, 4) is 17.7 Å². The molecule has 0 saturated carbocycles. The average molecular weight is 403 g/mol. The van der Waals surface area contributed by atoms with Crippen molar-refractivity contribution in [2.75, 3.05) is 14.1 Å². The number of hydrogen-bond acceptors (Lipinski definition) is 6. The predicted molar refractivity (Wildman–Crippen MR) is 112 cm³/mol.